The van der Waals surface area contributed by atoms with Gasteiger partial charge in [0.1, 0.15) is 21.8 Å². The lowest BCUT2D eigenvalue weighted by atomic mass is 10.0. The minimum absolute atomic E-state index is 0.102. The van der Waals surface area contributed by atoms with Crippen molar-refractivity contribution >= 4 is 46.1 Å². The maximum Gasteiger partial charge on any atom is 0.270 e. The van der Waals surface area contributed by atoms with Gasteiger partial charge in [-0.3, -0.25) is 19.1 Å². The van der Waals surface area contributed by atoms with Crippen molar-refractivity contribution in [2.24, 2.45) is 0 Å². The van der Waals surface area contributed by atoms with Gasteiger partial charge in [0.25, 0.3) is 11.5 Å². The predicted molar refractivity (Wildman–Crippen MR) is 135 cm³/mol. The summed E-state index contributed by atoms with van der Waals surface area (Å²) in [4.78, 5) is 33.0. The van der Waals surface area contributed by atoms with Gasteiger partial charge in [-0.25, -0.2) is 0 Å². The topological polar surface area (TPSA) is 72.6 Å². The van der Waals surface area contributed by atoms with E-state index in [2.05, 4.69) is 22.8 Å². The summed E-state index contributed by atoms with van der Waals surface area (Å²) < 4.78 is 2.28. The van der Waals surface area contributed by atoms with Gasteiger partial charge in [-0.2, -0.15) is 5.26 Å². The second-order valence-electron chi connectivity index (χ2n) is 8.06. The smallest absolute Gasteiger partial charge is 0.270 e. The molecule has 172 valence electrons. The molecule has 2 fully saturated rings. The monoisotopic (exact) mass is 473 g/mol. The molecule has 0 radical (unpaired) electrons. The number of thiocarbonyl (C=S) groups is 1. The fourth-order valence-corrected chi connectivity index (χ4v) is 5.53. The Morgan fingerprint density at radius 3 is 2.31 bits per heavy atom. The van der Waals surface area contributed by atoms with E-state index < -0.39 is 0 Å². The average molecular weight is 474 g/mol. The number of hydrogen-bond donors (Lipinski definition) is 0. The third kappa shape index (κ3) is 4.63. The first kappa shape index (κ1) is 24.5. The van der Waals surface area contributed by atoms with Crippen molar-refractivity contribution in [1.29, 1.82) is 5.26 Å². The first-order valence-corrected chi connectivity index (χ1v) is 12.5. The Morgan fingerprint density at radius 1 is 1.09 bits per heavy atom. The van der Waals surface area contributed by atoms with Crippen molar-refractivity contribution in [3.05, 3.63) is 31.9 Å². The molecule has 0 N–H and O–H groups in total. The van der Waals surface area contributed by atoms with E-state index in [1.54, 1.807) is 16.4 Å². The Morgan fingerprint density at radius 2 is 1.75 bits per heavy atom. The van der Waals surface area contributed by atoms with E-state index in [0.717, 1.165) is 56.9 Å². The zero-order valence-corrected chi connectivity index (χ0v) is 20.9. The number of likely N-dealkylation sites (N-methyl/N-ethyl adjacent to an activating group) is 1. The number of piperazine rings is 1. The van der Waals surface area contributed by atoms with Crippen LogP contribution in [-0.2, 0) is 11.3 Å². The van der Waals surface area contributed by atoms with Crippen molar-refractivity contribution in [3.8, 4) is 6.07 Å². The molecular formula is C23H31N5O2S2. The van der Waals surface area contributed by atoms with Crippen LogP contribution in [0.15, 0.2) is 9.70 Å². The summed E-state index contributed by atoms with van der Waals surface area (Å²) in [5.74, 6) is 0.708. The quantitative estimate of drug-likeness (QED) is 0.445. The summed E-state index contributed by atoms with van der Waals surface area (Å²) in [5.41, 5.74) is 1.29. The molecule has 2 aliphatic heterocycles. The van der Waals surface area contributed by atoms with E-state index in [1.807, 2.05) is 19.9 Å². The van der Waals surface area contributed by atoms with Crippen molar-refractivity contribution in [2.45, 2.75) is 47.1 Å². The Labute approximate surface area is 199 Å². The number of nitrogens with zero attached hydrogens (tertiary/aromatic N) is 5. The Bertz CT molecular complexity index is 1030. The lowest BCUT2D eigenvalue weighted by Crippen LogP contribution is -2.48. The third-order valence-corrected chi connectivity index (χ3v) is 7.39. The van der Waals surface area contributed by atoms with Gasteiger partial charge in [-0.15, -0.1) is 0 Å². The van der Waals surface area contributed by atoms with Crippen LogP contribution in [-0.4, -0.2) is 63.9 Å². The fourth-order valence-electron chi connectivity index (χ4n) is 4.24. The summed E-state index contributed by atoms with van der Waals surface area (Å²) in [6, 6.07) is 2.11. The second kappa shape index (κ2) is 10.6. The van der Waals surface area contributed by atoms with Gasteiger partial charge in [0, 0.05) is 44.8 Å². The molecule has 0 saturated carbocycles. The third-order valence-electron chi connectivity index (χ3n) is 6.01. The molecule has 3 heterocycles. The molecule has 32 heavy (non-hydrogen) atoms. The van der Waals surface area contributed by atoms with Crippen molar-refractivity contribution in [1.82, 2.24) is 14.4 Å². The molecule has 2 aliphatic rings. The van der Waals surface area contributed by atoms with Gasteiger partial charge in [-0.05, 0) is 37.9 Å². The molecule has 1 aromatic heterocycles. The van der Waals surface area contributed by atoms with Crippen LogP contribution in [0.5, 0.6) is 0 Å². The maximum absolute atomic E-state index is 13.2. The van der Waals surface area contributed by atoms with Crippen LogP contribution in [0.3, 0.4) is 0 Å². The largest absolute Gasteiger partial charge is 0.355 e. The average Bonchev–Trinajstić information content (AvgIpc) is 3.05. The van der Waals surface area contributed by atoms with Crippen LogP contribution in [0.4, 0.5) is 5.82 Å². The number of thioether (sulfide) groups is 1. The van der Waals surface area contributed by atoms with Crippen LogP contribution >= 0.6 is 24.0 Å². The molecule has 0 spiro atoms. The molecule has 0 atom stereocenters. The Kier molecular flexibility index (Phi) is 8.15. The molecule has 7 nitrogen and oxygen atoms in total. The normalized spacial score (nSPS) is 18.7. The lowest BCUT2D eigenvalue weighted by Gasteiger charge is -2.37. The summed E-state index contributed by atoms with van der Waals surface area (Å²) in [6.07, 6.45) is 3.44. The highest BCUT2D eigenvalue weighted by Gasteiger charge is 2.33. The molecule has 0 unspecified atom stereocenters. The number of hydrogen-bond acceptors (Lipinski definition) is 7. The van der Waals surface area contributed by atoms with Gasteiger partial charge in [0.15, 0.2) is 0 Å². The molecular weight excluding hydrogens is 442 g/mol. The number of pyridine rings is 1. The maximum atomic E-state index is 13.2. The van der Waals surface area contributed by atoms with E-state index in [4.69, 9.17) is 12.2 Å². The molecule has 0 bridgehead atoms. The van der Waals surface area contributed by atoms with E-state index in [9.17, 15) is 14.9 Å². The first-order chi connectivity index (χ1) is 15.4. The number of rotatable bonds is 7. The Balaban J connectivity index is 2.19. The highest BCUT2D eigenvalue weighted by atomic mass is 32.2. The van der Waals surface area contributed by atoms with Gasteiger partial charge in [0.05, 0.1) is 4.91 Å². The lowest BCUT2D eigenvalue weighted by molar-refractivity contribution is -0.122. The SMILES string of the molecule is CCCN1C(=O)/C(=C/c2c(C)c(C#N)c(=O)n(CCC)c2N2CCN(CC)CC2)SC1=S. The first-order valence-electron chi connectivity index (χ1n) is 11.3. The standard InChI is InChI=1S/C23H31N5O2S2/c1-5-8-27-20(26-12-10-25(7-3)11-13-26)17(16(4)18(15-24)21(27)29)14-19-22(30)28(9-6-2)23(31)32-19/h14H,5-13H2,1-4H3/b19-14-. The minimum Gasteiger partial charge on any atom is -0.355 e. The van der Waals surface area contributed by atoms with Gasteiger partial charge < -0.3 is 9.80 Å². The fraction of sp³-hybridized carbons (Fsp3) is 0.565. The number of anilines is 1. The number of aromatic nitrogens is 1. The van der Waals surface area contributed by atoms with E-state index in [0.29, 0.717) is 27.9 Å². The molecule has 0 aliphatic carbocycles. The van der Waals surface area contributed by atoms with Crippen LogP contribution in [0.1, 0.15) is 50.3 Å². The Hall–Kier alpha value is -2.15. The summed E-state index contributed by atoms with van der Waals surface area (Å²) in [5, 5.41) is 9.75. The second-order valence-corrected chi connectivity index (χ2v) is 9.74. The number of amides is 1. The zero-order chi connectivity index (χ0) is 23.4. The van der Waals surface area contributed by atoms with Crippen LogP contribution in [0.2, 0.25) is 0 Å². The summed E-state index contributed by atoms with van der Waals surface area (Å²) in [6.45, 7) is 13.5. The van der Waals surface area contributed by atoms with Crippen molar-refractivity contribution in [3.63, 3.8) is 0 Å². The molecule has 3 rings (SSSR count). The predicted octanol–water partition coefficient (Wildman–Crippen LogP) is 3.19. The van der Waals surface area contributed by atoms with Crippen molar-refractivity contribution < 1.29 is 4.79 Å². The van der Waals surface area contributed by atoms with Crippen molar-refractivity contribution in [2.75, 3.05) is 44.2 Å². The molecule has 9 heteroatoms. The van der Waals surface area contributed by atoms with Gasteiger partial charge in [0.2, 0.25) is 0 Å². The molecule has 2 saturated heterocycles. The van der Waals surface area contributed by atoms with Gasteiger partial charge in [-0.1, -0.05) is 44.8 Å². The molecule has 1 aromatic rings. The van der Waals surface area contributed by atoms with Crippen LogP contribution in [0, 0.1) is 18.3 Å². The number of nitriles is 1. The van der Waals surface area contributed by atoms with Gasteiger partial charge >= 0.3 is 0 Å². The van der Waals surface area contributed by atoms with E-state index >= 15 is 0 Å². The van der Waals surface area contributed by atoms with E-state index in [-0.39, 0.29) is 17.0 Å². The summed E-state index contributed by atoms with van der Waals surface area (Å²) in [7, 11) is 0. The number of carbonyl (C=O) groups excluding carboxylic acids is 1. The zero-order valence-electron chi connectivity index (χ0n) is 19.3. The number of carbonyl (C=O) groups is 1. The minimum atomic E-state index is -0.254. The highest BCUT2D eigenvalue weighted by molar-refractivity contribution is 8.26. The molecule has 1 amide bonds. The van der Waals surface area contributed by atoms with Crippen LogP contribution < -0.4 is 10.5 Å². The van der Waals surface area contributed by atoms with Crippen LogP contribution in [0.25, 0.3) is 6.08 Å². The van der Waals surface area contributed by atoms with E-state index in [1.165, 1.54) is 11.8 Å². The molecule has 0 aromatic carbocycles. The summed E-state index contributed by atoms with van der Waals surface area (Å²) >= 11 is 6.73. The highest BCUT2D eigenvalue weighted by Crippen LogP contribution is 2.36.